The van der Waals surface area contributed by atoms with E-state index in [9.17, 15) is 0 Å². The van der Waals surface area contributed by atoms with Crippen molar-refractivity contribution in [3.63, 3.8) is 0 Å². The molecule has 0 bridgehead atoms. The van der Waals surface area contributed by atoms with Gasteiger partial charge in [-0.15, -0.1) is 0 Å². The van der Waals surface area contributed by atoms with E-state index in [1.165, 1.54) is 0 Å². The van der Waals surface area contributed by atoms with Gasteiger partial charge in [-0.25, -0.2) is 0 Å². The van der Waals surface area contributed by atoms with Crippen LogP contribution in [-0.4, -0.2) is 5.43 Å². The summed E-state index contributed by atoms with van der Waals surface area (Å²) in [6, 6.07) is 23.1. The first-order valence-corrected chi connectivity index (χ1v) is 19.5. The predicted octanol–water partition coefficient (Wildman–Crippen LogP) is 0.939. The molecular weight excluding hydrogens is 551 g/mol. The summed E-state index contributed by atoms with van der Waals surface area (Å²) in [6.07, 6.45) is 0. The predicted molar refractivity (Wildman–Crippen MR) is 138 cm³/mol. The average Bonchev–Trinajstić information content (AvgIpc) is 3.12. The summed E-state index contributed by atoms with van der Waals surface area (Å²) in [7, 11) is 0. The third-order valence-corrected chi connectivity index (χ3v) is 28.3. The van der Waals surface area contributed by atoms with Crippen LogP contribution in [0.2, 0.25) is 0 Å². The van der Waals surface area contributed by atoms with E-state index in [0.29, 0.717) is 11.8 Å². The summed E-state index contributed by atoms with van der Waals surface area (Å²) < 4.78 is 3.74. The second kappa shape index (κ2) is 11.9. The molecule has 0 N–H and O–H groups in total. The van der Waals surface area contributed by atoms with Crippen LogP contribution in [0.5, 0.6) is 0 Å². The minimum atomic E-state index is -2.33. The third-order valence-electron chi connectivity index (χ3n) is 8.19. The minimum Gasteiger partial charge on any atom is -1.00 e. The molecule has 2 atom stereocenters. The second-order valence-electron chi connectivity index (χ2n) is 9.62. The Hall–Kier alpha value is -0.920. The standard InChI is InChI=1S/C12H10Si.2C9H13.2ClH.Zr/c1-3-7-11(8-4-1)13-12-9-5-2-6-10-12;2*1-6-5-7(2)9(4)8(6)3;;;/h1-10H;2*6H,1-4H3;2*1H;/q;;;;;+2/p-2. The molecule has 0 saturated heterocycles. The van der Waals surface area contributed by atoms with E-state index < -0.39 is 25.8 Å². The van der Waals surface area contributed by atoms with E-state index in [4.69, 9.17) is 0 Å². The van der Waals surface area contributed by atoms with E-state index >= 15 is 0 Å². The second-order valence-corrected chi connectivity index (χ2v) is 22.7. The van der Waals surface area contributed by atoms with Gasteiger partial charge >= 0.3 is 204 Å². The molecular formula is C30H36Cl2SiZr. The van der Waals surface area contributed by atoms with Crippen molar-refractivity contribution in [1.82, 2.24) is 0 Å². The molecule has 0 heterocycles. The van der Waals surface area contributed by atoms with Crippen molar-refractivity contribution in [3.05, 3.63) is 101 Å². The van der Waals surface area contributed by atoms with Gasteiger partial charge in [0, 0.05) is 0 Å². The molecule has 4 heteroatoms. The van der Waals surface area contributed by atoms with Crippen LogP contribution in [-0.2, 0) is 20.4 Å². The summed E-state index contributed by atoms with van der Waals surface area (Å²) in [5.74, 6) is 1.18. The molecule has 178 valence electrons. The van der Waals surface area contributed by atoms with E-state index in [-0.39, 0.29) is 24.8 Å². The first-order chi connectivity index (χ1) is 15.3. The quantitative estimate of drug-likeness (QED) is 0.468. The van der Waals surface area contributed by atoms with Gasteiger partial charge in [-0.3, -0.25) is 0 Å². The number of allylic oxidation sites excluding steroid dienone is 8. The van der Waals surface area contributed by atoms with E-state index in [0.717, 1.165) is 0 Å². The zero-order chi connectivity index (χ0) is 23.2. The van der Waals surface area contributed by atoms with Crippen LogP contribution in [0.3, 0.4) is 0 Å². The van der Waals surface area contributed by atoms with Crippen LogP contribution in [0.1, 0.15) is 55.4 Å². The molecule has 0 nitrogen and oxygen atoms in total. The van der Waals surface area contributed by atoms with Crippen LogP contribution < -0.4 is 35.2 Å². The molecule has 2 aliphatic carbocycles. The van der Waals surface area contributed by atoms with Gasteiger partial charge in [0.1, 0.15) is 0 Å². The Bertz CT molecular complexity index is 1140. The van der Waals surface area contributed by atoms with Crippen LogP contribution in [0, 0.1) is 11.8 Å². The Labute approximate surface area is 227 Å². The molecule has 34 heavy (non-hydrogen) atoms. The smallest absolute Gasteiger partial charge is 1.00 e. The Morgan fingerprint density at radius 3 is 1.12 bits per heavy atom. The molecule has 2 unspecified atom stereocenters. The number of rotatable bonds is 4. The van der Waals surface area contributed by atoms with Crippen LogP contribution in [0.15, 0.2) is 101 Å². The van der Waals surface area contributed by atoms with E-state index in [2.05, 4.69) is 116 Å². The maximum absolute atomic E-state index is 2.49. The van der Waals surface area contributed by atoms with Crippen molar-refractivity contribution >= 4 is 15.8 Å². The summed E-state index contributed by atoms with van der Waals surface area (Å²) in [5.41, 5.74) is 8.65. The molecule has 0 aliphatic heterocycles. The van der Waals surface area contributed by atoms with Crippen molar-refractivity contribution in [2.45, 2.75) is 55.4 Å². The molecule has 2 aliphatic rings. The van der Waals surface area contributed by atoms with Gasteiger partial charge in [-0.2, -0.15) is 0 Å². The van der Waals surface area contributed by atoms with Crippen molar-refractivity contribution in [2.75, 3.05) is 0 Å². The maximum atomic E-state index is 2.49. The molecule has 0 fully saturated rings. The van der Waals surface area contributed by atoms with Crippen LogP contribution >= 0.6 is 0 Å². The normalized spacial score (nSPS) is 19.7. The first kappa shape index (κ1) is 29.3. The zero-order valence-corrected chi connectivity index (χ0v) is 26.7. The molecule has 0 saturated carbocycles. The van der Waals surface area contributed by atoms with Gasteiger partial charge in [0.25, 0.3) is 0 Å². The number of halogens is 2. The summed E-state index contributed by atoms with van der Waals surface area (Å²) >= 11 is -2.33. The first-order valence-electron chi connectivity index (χ1n) is 11.9. The topological polar surface area (TPSA) is 0 Å². The van der Waals surface area contributed by atoms with Gasteiger partial charge in [0.2, 0.25) is 0 Å². The molecule has 0 spiro atoms. The molecule has 4 rings (SSSR count). The van der Waals surface area contributed by atoms with Gasteiger partial charge in [-0.1, -0.05) is 0 Å². The third kappa shape index (κ3) is 4.99. The van der Waals surface area contributed by atoms with E-state index in [1.807, 2.05) is 6.56 Å². The molecule has 0 radical (unpaired) electrons. The van der Waals surface area contributed by atoms with Crippen molar-refractivity contribution < 1.29 is 45.2 Å². The SMILES string of the molecule is CC1=C(C)C(C)[C]([Zr+2]([C]2=C(C)C(C)=C(C)C2C)=[Si](c2ccccc2)c2ccccc2)=C1C.[Cl-].[Cl-]. The van der Waals surface area contributed by atoms with Gasteiger partial charge in [0.15, 0.2) is 0 Å². The van der Waals surface area contributed by atoms with Gasteiger partial charge in [0.05, 0.1) is 0 Å². The summed E-state index contributed by atoms with van der Waals surface area (Å²) in [4.78, 5) is 0. The fourth-order valence-electron chi connectivity index (χ4n) is 5.61. The number of hydrogen-bond donors (Lipinski definition) is 0. The number of hydrogen-bond acceptors (Lipinski definition) is 0. The van der Waals surface area contributed by atoms with Gasteiger partial charge in [-0.05, 0) is 0 Å². The Kier molecular flexibility index (Phi) is 10.2. The largest absolute Gasteiger partial charge is 1.00 e. The molecule has 0 amide bonds. The van der Waals surface area contributed by atoms with Crippen molar-refractivity contribution in [1.29, 1.82) is 0 Å². The van der Waals surface area contributed by atoms with Crippen molar-refractivity contribution in [2.24, 2.45) is 11.8 Å². The maximum Gasteiger partial charge on any atom is -1.00 e. The fraction of sp³-hybridized carbons (Fsp3) is 0.333. The Balaban J connectivity index is 0.00000204. The fourth-order valence-corrected chi connectivity index (χ4v) is 30.3. The summed E-state index contributed by atoms with van der Waals surface area (Å²) in [5, 5.41) is 3.20. The Morgan fingerprint density at radius 1 is 0.529 bits per heavy atom. The molecule has 2 aromatic rings. The molecule has 2 aromatic carbocycles. The van der Waals surface area contributed by atoms with Crippen molar-refractivity contribution in [3.8, 4) is 0 Å². The van der Waals surface area contributed by atoms with Crippen LogP contribution in [0.25, 0.3) is 0 Å². The zero-order valence-electron chi connectivity index (χ0n) is 21.7. The minimum absolute atomic E-state index is 0. The van der Waals surface area contributed by atoms with Gasteiger partial charge < -0.3 is 24.8 Å². The monoisotopic (exact) mass is 584 g/mol. The average molecular weight is 587 g/mol. The number of benzene rings is 2. The summed E-state index contributed by atoms with van der Waals surface area (Å²) in [6.45, 7) is 19.3. The molecule has 0 aromatic heterocycles. The van der Waals surface area contributed by atoms with Crippen LogP contribution in [0.4, 0.5) is 0 Å². The Morgan fingerprint density at radius 2 is 0.853 bits per heavy atom. The van der Waals surface area contributed by atoms with E-state index in [1.54, 1.807) is 43.8 Å².